The SMILES string of the molecule is CCNC(=NCCOC1CCCCCC1)N1CCCC1.I. The molecule has 0 bridgehead atoms. The van der Waals surface area contributed by atoms with Gasteiger partial charge in [-0.25, -0.2) is 0 Å². The van der Waals surface area contributed by atoms with Gasteiger partial charge >= 0.3 is 0 Å². The zero-order valence-electron chi connectivity index (χ0n) is 13.5. The van der Waals surface area contributed by atoms with E-state index in [1.165, 1.54) is 51.4 Å². The molecule has 4 nitrogen and oxygen atoms in total. The van der Waals surface area contributed by atoms with Gasteiger partial charge in [-0.3, -0.25) is 4.99 Å². The zero-order valence-corrected chi connectivity index (χ0v) is 15.8. The summed E-state index contributed by atoms with van der Waals surface area (Å²) >= 11 is 0. The summed E-state index contributed by atoms with van der Waals surface area (Å²) < 4.78 is 6.00. The Morgan fingerprint density at radius 1 is 1.10 bits per heavy atom. The average Bonchev–Trinajstić information content (AvgIpc) is 2.87. The zero-order chi connectivity index (χ0) is 14.0. The molecule has 1 saturated carbocycles. The van der Waals surface area contributed by atoms with E-state index < -0.39 is 0 Å². The van der Waals surface area contributed by atoms with E-state index >= 15 is 0 Å². The van der Waals surface area contributed by atoms with E-state index in [0.29, 0.717) is 6.10 Å². The molecule has 5 heteroatoms. The number of nitrogens with zero attached hydrogens (tertiary/aromatic N) is 2. The minimum absolute atomic E-state index is 0. The lowest BCUT2D eigenvalue weighted by Gasteiger charge is -2.21. The van der Waals surface area contributed by atoms with Gasteiger partial charge in [-0.1, -0.05) is 25.7 Å². The minimum atomic E-state index is 0. The molecule has 0 aromatic heterocycles. The Balaban J connectivity index is 0.00000220. The second kappa shape index (κ2) is 11.5. The molecule has 124 valence electrons. The molecule has 0 aromatic carbocycles. The van der Waals surface area contributed by atoms with Gasteiger partial charge in [0.25, 0.3) is 0 Å². The first-order valence-corrected chi connectivity index (χ1v) is 8.55. The van der Waals surface area contributed by atoms with Gasteiger partial charge in [0, 0.05) is 19.6 Å². The maximum atomic E-state index is 6.00. The molecule has 0 spiro atoms. The van der Waals surface area contributed by atoms with Gasteiger partial charge in [0.2, 0.25) is 0 Å². The molecule has 1 aliphatic heterocycles. The molecule has 0 amide bonds. The van der Waals surface area contributed by atoms with Gasteiger partial charge < -0.3 is 15.0 Å². The summed E-state index contributed by atoms with van der Waals surface area (Å²) in [6, 6.07) is 0. The maximum Gasteiger partial charge on any atom is 0.193 e. The van der Waals surface area contributed by atoms with Crippen LogP contribution in [0.1, 0.15) is 58.3 Å². The molecule has 0 radical (unpaired) electrons. The van der Waals surface area contributed by atoms with Gasteiger partial charge in [-0.2, -0.15) is 0 Å². The highest BCUT2D eigenvalue weighted by Crippen LogP contribution is 2.19. The molecule has 2 fully saturated rings. The van der Waals surface area contributed by atoms with Crippen molar-refractivity contribution < 1.29 is 4.74 Å². The molecule has 2 rings (SSSR count). The standard InChI is InChI=1S/C16H31N3O.HI/c1-2-17-16(19-12-7-8-13-19)18-11-14-20-15-9-5-3-4-6-10-15;/h15H,2-14H2,1H3,(H,17,18);1H. The van der Waals surface area contributed by atoms with Crippen LogP contribution in [0, 0.1) is 0 Å². The van der Waals surface area contributed by atoms with Crippen molar-refractivity contribution in [2.24, 2.45) is 4.99 Å². The first-order valence-electron chi connectivity index (χ1n) is 8.55. The number of nitrogens with one attached hydrogen (secondary N) is 1. The minimum Gasteiger partial charge on any atom is -0.376 e. The third-order valence-corrected chi connectivity index (χ3v) is 4.25. The van der Waals surface area contributed by atoms with Crippen LogP contribution in [0.5, 0.6) is 0 Å². The van der Waals surface area contributed by atoms with E-state index in [4.69, 9.17) is 9.73 Å². The van der Waals surface area contributed by atoms with Crippen molar-refractivity contribution in [3.8, 4) is 0 Å². The summed E-state index contributed by atoms with van der Waals surface area (Å²) in [6.07, 6.45) is 11.0. The topological polar surface area (TPSA) is 36.9 Å². The predicted octanol–water partition coefficient (Wildman–Crippen LogP) is 3.41. The quantitative estimate of drug-likeness (QED) is 0.249. The Bertz CT molecular complexity index is 285. The van der Waals surface area contributed by atoms with Crippen LogP contribution in [0.3, 0.4) is 0 Å². The summed E-state index contributed by atoms with van der Waals surface area (Å²) in [5, 5.41) is 3.39. The van der Waals surface area contributed by atoms with Gasteiger partial charge in [-0.05, 0) is 32.6 Å². The van der Waals surface area contributed by atoms with E-state index in [9.17, 15) is 0 Å². The molecule has 21 heavy (non-hydrogen) atoms. The monoisotopic (exact) mass is 409 g/mol. The Kier molecular flexibility index (Phi) is 10.4. The molecule has 2 aliphatic rings. The fourth-order valence-electron chi connectivity index (χ4n) is 3.13. The van der Waals surface area contributed by atoms with Crippen molar-refractivity contribution in [2.75, 3.05) is 32.8 Å². The summed E-state index contributed by atoms with van der Waals surface area (Å²) in [5.41, 5.74) is 0. The van der Waals surface area contributed by atoms with Crippen LogP contribution in [-0.4, -0.2) is 49.7 Å². The molecule has 1 saturated heterocycles. The first kappa shape index (κ1) is 19.0. The smallest absolute Gasteiger partial charge is 0.193 e. The lowest BCUT2D eigenvalue weighted by atomic mass is 10.1. The van der Waals surface area contributed by atoms with Crippen molar-refractivity contribution in [2.45, 2.75) is 64.4 Å². The van der Waals surface area contributed by atoms with E-state index in [1.807, 2.05) is 0 Å². The lowest BCUT2D eigenvalue weighted by Crippen LogP contribution is -2.39. The Morgan fingerprint density at radius 3 is 2.38 bits per heavy atom. The van der Waals surface area contributed by atoms with Crippen molar-refractivity contribution in [1.82, 2.24) is 10.2 Å². The summed E-state index contributed by atoms with van der Waals surface area (Å²) in [7, 11) is 0. The number of guanidine groups is 1. The van der Waals surface area contributed by atoms with Crippen LogP contribution in [0.2, 0.25) is 0 Å². The predicted molar refractivity (Wildman–Crippen MR) is 99.6 cm³/mol. The summed E-state index contributed by atoms with van der Waals surface area (Å²) in [4.78, 5) is 7.08. The van der Waals surface area contributed by atoms with Gasteiger partial charge in [0.05, 0.1) is 19.3 Å². The normalized spacial score (nSPS) is 21.0. The number of likely N-dealkylation sites (tertiary alicyclic amines) is 1. The molecule has 1 heterocycles. The average molecular weight is 409 g/mol. The van der Waals surface area contributed by atoms with Gasteiger partial charge in [0.1, 0.15) is 0 Å². The van der Waals surface area contributed by atoms with Gasteiger partial charge in [0.15, 0.2) is 5.96 Å². The second-order valence-electron chi connectivity index (χ2n) is 5.91. The van der Waals surface area contributed by atoms with Crippen LogP contribution in [0.4, 0.5) is 0 Å². The Labute approximate surface area is 147 Å². The lowest BCUT2D eigenvalue weighted by molar-refractivity contribution is 0.0486. The Hall–Kier alpha value is -0.0400. The van der Waals surface area contributed by atoms with Crippen LogP contribution < -0.4 is 5.32 Å². The number of aliphatic imine (C=N–C) groups is 1. The van der Waals surface area contributed by atoms with Crippen molar-refractivity contribution in [1.29, 1.82) is 0 Å². The van der Waals surface area contributed by atoms with Gasteiger partial charge in [-0.15, -0.1) is 24.0 Å². The highest BCUT2D eigenvalue weighted by molar-refractivity contribution is 14.0. The molecule has 1 N–H and O–H groups in total. The number of ether oxygens (including phenoxy) is 1. The molecule has 0 unspecified atom stereocenters. The fraction of sp³-hybridized carbons (Fsp3) is 0.938. The van der Waals surface area contributed by atoms with Crippen LogP contribution in [0.25, 0.3) is 0 Å². The second-order valence-corrected chi connectivity index (χ2v) is 5.91. The third kappa shape index (κ3) is 7.17. The van der Waals surface area contributed by atoms with Crippen molar-refractivity contribution >= 4 is 29.9 Å². The highest BCUT2D eigenvalue weighted by atomic mass is 127. The van der Waals surface area contributed by atoms with E-state index in [0.717, 1.165) is 38.7 Å². The van der Waals surface area contributed by atoms with Crippen LogP contribution in [-0.2, 0) is 4.74 Å². The summed E-state index contributed by atoms with van der Waals surface area (Å²) in [6.45, 7) is 6.93. The number of halogens is 1. The fourth-order valence-corrected chi connectivity index (χ4v) is 3.13. The van der Waals surface area contributed by atoms with Crippen LogP contribution in [0.15, 0.2) is 4.99 Å². The van der Waals surface area contributed by atoms with E-state index in [-0.39, 0.29) is 24.0 Å². The largest absolute Gasteiger partial charge is 0.376 e. The van der Waals surface area contributed by atoms with Crippen molar-refractivity contribution in [3.63, 3.8) is 0 Å². The molecular formula is C16H32IN3O. The highest BCUT2D eigenvalue weighted by Gasteiger charge is 2.15. The number of rotatable bonds is 5. The number of hydrogen-bond acceptors (Lipinski definition) is 2. The van der Waals surface area contributed by atoms with E-state index in [2.05, 4.69) is 17.1 Å². The third-order valence-electron chi connectivity index (χ3n) is 4.25. The summed E-state index contributed by atoms with van der Waals surface area (Å²) in [5.74, 6) is 1.08. The molecule has 1 aliphatic carbocycles. The Morgan fingerprint density at radius 2 is 1.76 bits per heavy atom. The van der Waals surface area contributed by atoms with E-state index in [1.54, 1.807) is 0 Å². The molecular weight excluding hydrogens is 377 g/mol. The molecule has 0 atom stereocenters. The van der Waals surface area contributed by atoms with Crippen LogP contribution >= 0.6 is 24.0 Å². The number of hydrogen-bond donors (Lipinski definition) is 1. The van der Waals surface area contributed by atoms with Crippen molar-refractivity contribution in [3.05, 3.63) is 0 Å². The molecule has 0 aromatic rings. The first-order chi connectivity index (χ1) is 9.90. The maximum absolute atomic E-state index is 6.00.